The molecule has 96 valence electrons. The number of aliphatic hydroxyl groups is 1. The maximum absolute atomic E-state index is 13.8. The molecule has 0 aliphatic carbocycles. The fourth-order valence-corrected chi connectivity index (χ4v) is 1.67. The molecule has 0 fully saturated rings. The van der Waals surface area contributed by atoms with E-state index in [9.17, 15) is 9.50 Å². The summed E-state index contributed by atoms with van der Waals surface area (Å²) in [6.07, 6.45) is -0.711. The van der Waals surface area contributed by atoms with Crippen molar-refractivity contribution in [2.24, 2.45) is 0 Å². The van der Waals surface area contributed by atoms with E-state index in [-0.39, 0.29) is 0 Å². The van der Waals surface area contributed by atoms with E-state index in [1.54, 1.807) is 25.2 Å². The Morgan fingerprint density at radius 1 is 1.47 bits per heavy atom. The van der Waals surface area contributed by atoms with Gasteiger partial charge in [-0.1, -0.05) is 6.07 Å². The predicted octanol–water partition coefficient (Wildman–Crippen LogP) is 2.15. The zero-order valence-corrected chi connectivity index (χ0v) is 10.7. The Morgan fingerprint density at radius 2 is 2.12 bits per heavy atom. The van der Waals surface area contributed by atoms with Crippen molar-refractivity contribution in [1.29, 1.82) is 0 Å². The highest BCUT2D eigenvalue weighted by Crippen LogP contribution is 2.32. The minimum absolute atomic E-state index is 0.395. The minimum Gasteiger partial charge on any atom is -0.496 e. The van der Waals surface area contributed by atoms with Gasteiger partial charge in [-0.15, -0.1) is 0 Å². The van der Waals surface area contributed by atoms with Crippen LogP contribution in [-0.2, 0) is 5.67 Å². The van der Waals surface area contributed by atoms with Crippen molar-refractivity contribution in [1.82, 2.24) is 5.32 Å². The second kappa shape index (κ2) is 5.47. The average Bonchev–Trinajstić information content (AvgIpc) is 2.27. The molecule has 0 aromatic heterocycles. The highest BCUT2D eigenvalue weighted by molar-refractivity contribution is 5.40. The largest absolute Gasteiger partial charge is 0.496 e. The first-order valence-corrected chi connectivity index (χ1v) is 5.60. The van der Waals surface area contributed by atoms with Gasteiger partial charge >= 0.3 is 0 Å². The van der Waals surface area contributed by atoms with Crippen molar-refractivity contribution < 1.29 is 14.2 Å². The van der Waals surface area contributed by atoms with Gasteiger partial charge in [0, 0.05) is 12.1 Å². The topological polar surface area (TPSA) is 41.5 Å². The fraction of sp³-hybridized carbons (Fsp3) is 0.538. The molecule has 0 saturated carbocycles. The monoisotopic (exact) mass is 241 g/mol. The lowest BCUT2D eigenvalue weighted by Crippen LogP contribution is -2.18. The Hall–Kier alpha value is -1.13. The molecule has 0 radical (unpaired) electrons. The Kier molecular flexibility index (Phi) is 4.48. The summed E-state index contributed by atoms with van der Waals surface area (Å²) in [5, 5.41) is 12.8. The molecule has 2 N–H and O–H groups in total. The number of ether oxygens (including phenoxy) is 1. The number of aliphatic hydroxyl groups excluding tert-OH is 1. The molecule has 17 heavy (non-hydrogen) atoms. The SMILES string of the molecule is CNCC(O)c1cc(C(C)(C)F)ccc1OC. The first-order valence-electron chi connectivity index (χ1n) is 5.60. The standard InChI is InChI=1S/C13H20FNO2/c1-13(2,14)9-5-6-12(17-4)10(7-9)11(16)8-15-3/h5-7,11,15-16H,8H2,1-4H3. The maximum Gasteiger partial charge on any atom is 0.130 e. The van der Waals surface area contributed by atoms with E-state index < -0.39 is 11.8 Å². The molecule has 0 heterocycles. The van der Waals surface area contributed by atoms with Crippen molar-refractivity contribution in [3.63, 3.8) is 0 Å². The third-order valence-electron chi connectivity index (χ3n) is 2.67. The first-order chi connectivity index (χ1) is 7.90. The highest BCUT2D eigenvalue weighted by Gasteiger charge is 2.22. The highest BCUT2D eigenvalue weighted by atomic mass is 19.1. The molecule has 0 bridgehead atoms. The van der Waals surface area contributed by atoms with Crippen molar-refractivity contribution >= 4 is 0 Å². The van der Waals surface area contributed by atoms with Crippen LogP contribution >= 0.6 is 0 Å². The van der Waals surface area contributed by atoms with E-state index in [4.69, 9.17) is 4.74 Å². The third-order valence-corrected chi connectivity index (χ3v) is 2.67. The summed E-state index contributed by atoms with van der Waals surface area (Å²) in [4.78, 5) is 0. The number of alkyl halides is 1. The van der Waals surface area contributed by atoms with Crippen LogP contribution in [0.15, 0.2) is 18.2 Å². The molecule has 0 aliphatic heterocycles. The average molecular weight is 241 g/mol. The predicted molar refractivity (Wildman–Crippen MR) is 66.0 cm³/mol. The van der Waals surface area contributed by atoms with E-state index >= 15 is 0 Å². The van der Waals surface area contributed by atoms with Crippen molar-refractivity contribution in [2.45, 2.75) is 25.6 Å². The van der Waals surface area contributed by atoms with Gasteiger partial charge in [-0.25, -0.2) is 4.39 Å². The van der Waals surface area contributed by atoms with E-state index in [2.05, 4.69) is 5.32 Å². The van der Waals surface area contributed by atoms with Crippen LogP contribution in [0, 0.1) is 0 Å². The number of hydrogen-bond acceptors (Lipinski definition) is 3. The Morgan fingerprint density at radius 3 is 2.59 bits per heavy atom. The molecule has 1 atom stereocenters. The van der Waals surface area contributed by atoms with Gasteiger partial charge < -0.3 is 15.2 Å². The molecule has 0 spiro atoms. The van der Waals surface area contributed by atoms with Gasteiger partial charge in [-0.05, 0) is 38.6 Å². The number of likely N-dealkylation sites (N-methyl/N-ethyl adjacent to an activating group) is 1. The number of methoxy groups -OCH3 is 1. The summed E-state index contributed by atoms with van der Waals surface area (Å²) in [6, 6.07) is 5.01. The normalized spacial score (nSPS) is 13.5. The van der Waals surface area contributed by atoms with Crippen LogP contribution in [0.1, 0.15) is 31.1 Å². The molecule has 1 rings (SSSR count). The molecular weight excluding hydrogens is 221 g/mol. The maximum atomic E-state index is 13.8. The summed E-state index contributed by atoms with van der Waals surface area (Å²) in [6.45, 7) is 3.37. The van der Waals surface area contributed by atoms with Crippen LogP contribution in [0.3, 0.4) is 0 Å². The number of nitrogens with one attached hydrogen (secondary N) is 1. The van der Waals surface area contributed by atoms with Crippen molar-refractivity contribution in [2.75, 3.05) is 20.7 Å². The third kappa shape index (κ3) is 3.41. The van der Waals surface area contributed by atoms with Crippen LogP contribution in [0.2, 0.25) is 0 Å². The number of hydrogen-bond donors (Lipinski definition) is 2. The fourth-order valence-electron chi connectivity index (χ4n) is 1.67. The Bertz CT molecular complexity index is 374. The summed E-state index contributed by atoms with van der Waals surface area (Å²) < 4.78 is 19.0. The smallest absolute Gasteiger partial charge is 0.130 e. The Labute approximate surface area is 102 Å². The van der Waals surface area contributed by atoms with E-state index in [0.717, 1.165) is 0 Å². The van der Waals surface area contributed by atoms with Crippen molar-refractivity contribution in [3.8, 4) is 5.75 Å². The van der Waals surface area contributed by atoms with Crippen LogP contribution < -0.4 is 10.1 Å². The first kappa shape index (κ1) is 13.9. The van der Waals surface area contributed by atoms with E-state index in [1.165, 1.54) is 21.0 Å². The second-order valence-corrected chi connectivity index (χ2v) is 4.50. The van der Waals surface area contributed by atoms with Gasteiger partial charge in [0.2, 0.25) is 0 Å². The number of halogens is 1. The molecule has 0 aliphatic rings. The summed E-state index contributed by atoms with van der Waals surface area (Å²) in [5.74, 6) is 0.570. The van der Waals surface area contributed by atoms with Gasteiger partial charge in [-0.2, -0.15) is 0 Å². The molecule has 1 unspecified atom stereocenters. The molecule has 4 heteroatoms. The molecule has 0 amide bonds. The lowest BCUT2D eigenvalue weighted by molar-refractivity contribution is 0.172. The van der Waals surface area contributed by atoms with Gasteiger partial charge in [0.15, 0.2) is 0 Å². The molecule has 0 saturated heterocycles. The van der Waals surface area contributed by atoms with Gasteiger partial charge in [0.1, 0.15) is 11.4 Å². The van der Waals surface area contributed by atoms with Crippen molar-refractivity contribution in [3.05, 3.63) is 29.3 Å². The number of rotatable bonds is 5. The summed E-state index contributed by atoms with van der Waals surface area (Å²) >= 11 is 0. The van der Waals surface area contributed by atoms with Crippen LogP contribution in [0.4, 0.5) is 4.39 Å². The summed E-state index contributed by atoms with van der Waals surface area (Å²) in [7, 11) is 3.28. The minimum atomic E-state index is -1.43. The lowest BCUT2D eigenvalue weighted by Gasteiger charge is -2.20. The zero-order chi connectivity index (χ0) is 13.1. The quantitative estimate of drug-likeness (QED) is 0.830. The summed E-state index contributed by atoms with van der Waals surface area (Å²) in [5.41, 5.74) is -0.297. The van der Waals surface area contributed by atoms with Gasteiger partial charge in [0.05, 0.1) is 13.2 Å². The zero-order valence-electron chi connectivity index (χ0n) is 10.7. The Balaban J connectivity index is 3.15. The second-order valence-electron chi connectivity index (χ2n) is 4.50. The van der Waals surface area contributed by atoms with Gasteiger partial charge in [-0.3, -0.25) is 0 Å². The van der Waals surface area contributed by atoms with E-state index in [0.29, 0.717) is 23.4 Å². The van der Waals surface area contributed by atoms with E-state index in [1.807, 2.05) is 0 Å². The molecule has 1 aromatic rings. The van der Waals surface area contributed by atoms with Gasteiger partial charge in [0.25, 0.3) is 0 Å². The van der Waals surface area contributed by atoms with Crippen LogP contribution in [0.25, 0.3) is 0 Å². The molecular formula is C13H20FNO2. The lowest BCUT2D eigenvalue weighted by atomic mass is 9.95. The molecule has 1 aromatic carbocycles. The number of benzene rings is 1. The van der Waals surface area contributed by atoms with Crippen LogP contribution in [-0.4, -0.2) is 25.8 Å². The molecule has 3 nitrogen and oxygen atoms in total. The van der Waals surface area contributed by atoms with Crippen LogP contribution in [0.5, 0.6) is 5.75 Å².